The molecule has 0 unspecified atom stereocenters. The average molecular weight is 258 g/mol. The summed E-state index contributed by atoms with van der Waals surface area (Å²) >= 11 is 4.20. The molecule has 0 fully saturated rings. The standard InChI is InChI=1S/C13H14N4S/c1-8-15-10-5-9(3-4-12(10)17(8)2)11-6-14-13(7-18)16-11/h3-6,18H,7H2,1-2H3,(H,14,16). The molecule has 0 atom stereocenters. The maximum atomic E-state index is 4.54. The fourth-order valence-corrected chi connectivity index (χ4v) is 2.24. The predicted molar refractivity (Wildman–Crippen MR) is 75.7 cm³/mol. The van der Waals surface area contributed by atoms with Crippen LogP contribution >= 0.6 is 12.6 Å². The van der Waals surface area contributed by atoms with Crippen molar-refractivity contribution in [1.29, 1.82) is 0 Å². The van der Waals surface area contributed by atoms with Crippen molar-refractivity contribution >= 4 is 23.7 Å². The SMILES string of the molecule is Cc1nc2cc(-c3cnc(CS)[nH]3)ccc2n1C. The number of imidazole rings is 2. The molecule has 0 aliphatic heterocycles. The van der Waals surface area contributed by atoms with E-state index in [-0.39, 0.29) is 0 Å². The number of fused-ring (bicyclic) bond motifs is 1. The number of hydrogen-bond donors (Lipinski definition) is 2. The van der Waals surface area contributed by atoms with Crippen LogP contribution in [0.4, 0.5) is 0 Å². The molecular weight excluding hydrogens is 244 g/mol. The molecule has 0 amide bonds. The summed E-state index contributed by atoms with van der Waals surface area (Å²) in [4.78, 5) is 12.0. The predicted octanol–water partition coefficient (Wildman–Crippen LogP) is 2.70. The van der Waals surface area contributed by atoms with E-state index in [2.05, 4.69) is 50.3 Å². The smallest absolute Gasteiger partial charge is 0.116 e. The molecule has 5 heteroatoms. The molecule has 0 saturated carbocycles. The summed E-state index contributed by atoms with van der Waals surface area (Å²) < 4.78 is 2.09. The molecule has 0 spiro atoms. The Labute approximate surface area is 110 Å². The van der Waals surface area contributed by atoms with E-state index in [1.807, 2.05) is 20.2 Å². The van der Waals surface area contributed by atoms with Gasteiger partial charge in [-0.05, 0) is 19.1 Å². The molecule has 0 aliphatic rings. The van der Waals surface area contributed by atoms with Crippen LogP contribution in [0.3, 0.4) is 0 Å². The molecule has 3 aromatic rings. The fourth-order valence-electron chi connectivity index (χ4n) is 2.08. The van der Waals surface area contributed by atoms with Gasteiger partial charge in [-0.3, -0.25) is 0 Å². The molecule has 0 bridgehead atoms. The van der Waals surface area contributed by atoms with Crippen LogP contribution in [0.2, 0.25) is 0 Å². The largest absolute Gasteiger partial charge is 0.341 e. The summed E-state index contributed by atoms with van der Waals surface area (Å²) in [6.07, 6.45) is 1.84. The third kappa shape index (κ3) is 1.71. The molecule has 92 valence electrons. The Morgan fingerprint density at radius 1 is 1.39 bits per heavy atom. The van der Waals surface area contributed by atoms with Crippen molar-refractivity contribution < 1.29 is 0 Å². The Hall–Kier alpha value is -1.75. The minimum Gasteiger partial charge on any atom is -0.341 e. The van der Waals surface area contributed by atoms with Crippen LogP contribution in [-0.4, -0.2) is 19.5 Å². The zero-order valence-electron chi connectivity index (χ0n) is 10.3. The Morgan fingerprint density at radius 3 is 2.94 bits per heavy atom. The van der Waals surface area contributed by atoms with E-state index in [4.69, 9.17) is 0 Å². The maximum Gasteiger partial charge on any atom is 0.116 e. The third-order valence-corrected chi connectivity index (χ3v) is 3.49. The molecule has 3 rings (SSSR count). The summed E-state index contributed by atoms with van der Waals surface area (Å²) in [7, 11) is 2.03. The molecular formula is C13H14N4S. The average Bonchev–Trinajstić information content (AvgIpc) is 2.95. The summed E-state index contributed by atoms with van der Waals surface area (Å²) in [6.45, 7) is 2.01. The number of aromatic nitrogens is 4. The van der Waals surface area contributed by atoms with Gasteiger partial charge in [-0.2, -0.15) is 12.6 Å². The van der Waals surface area contributed by atoms with Gasteiger partial charge in [0.25, 0.3) is 0 Å². The third-order valence-electron chi connectivity index (χ3n) is 3.19. The lowest BCUT2D eigenvalue weighted by molar-refractivity contribution is 0.886. The van der Waals surface area contributed by atoms with E-state index in [0.717, 1.165) is 33.9 Å². The number of H-pyrrole nitrogens is 1. The molecule has 18 heavy (non-hydrogen) atoms. The first kappa shape index (κ1) is 11.3. The lowest BCUT2D eigenvalue weighted by atomic mass is 10.1. The number of aryl methyl sites for hydroxylation is 2. The highest BCUT2D eigenvalue weighted by Gasteiger charge is 2.07. The summed E-state index contributed by atoms with van der Waals surface area (Å²) in [5.74, 6) is 2.51. The zero-order chi connectivity index (χ0) is 12.7. The number of thiol groups is 1. The molecule has 1 N–H and O–H groups in total. The van der Waals surface area contributed by atoms with Gasteiger partial charge < -0.3 is 9.55 Å². The highest BCUT2D eigenvalue weighted by Crippen LogP contribution is 2.23. The molecule has 4 nitrogen and oxygen atoms in total. The van der Waals surface area contributed by atoms with Crippen LogP contribution in [0, 0.1) is 6.92 Å². The number of aromatic amines is 1. The van der Waals surface area contributed by atoms with Crippen LogP contribution in [0.25, 0.3) is 22.3 Å². The Morgan fingerprint density at radius 2 is 2.22 bits per heavy atom. The van der Waals surface area contributed by atoms with Crippen LogP contribution in [-0.2, 0) is 12.8 Å². The second kappa shape index (κ2) is 4.17. The van der Waals surface area contributed by atoms with E-state index in [0.29, 0.717) is 5.75 Å². The monoisotopic (exact) mass is 258 g/mol. The first-order chi connectivity index (χ1) is 8.69. The van der Waals surface area contributed by atoms with Gasteiger partial charge in [0, 0.05) is 18.4 Å². The van der Waals surface area contributed by atoms with Crippen LogP contribution in [0.5, 0.6) is 0 Å². The maximum absolute atomic E-state index is 4.54. The van der Waals surface area contributed by atoms with Crippen molar-refractivity contribution in [3.05, 3.63) is 36.0 Å². The summed E-state index contributed by atoms with van der Waals surface area (Å²) in [5.41, 5.74) is 4.25. The lowest BCUT2D eigenvalue weighted by Crippen LogP contribution is -1.89. The molecule has 0 radical (unpaired) electrons. The molecule has 0 aliphatic carbocycles. The van der Waals surface area contributed by atoms with Crippen molar-refractivity contribution in [1.82, 2.24) is 19.5 Å². The van der Waals surface area contributed by atoms with Gasteiger partial charge >= 0.3 is 0 Å². The van der Waals surface area contributed by atoms with Gasteiger partial charge in [-0.15, -0.1) is 0 Å². The normalized spacial score (nSPS) is 11.3. The van der Waals surface area contributed by atoms with Gasteiger partial charge in [0.2, 0.25) is 0 Å². The summed E-state index contributed by atoms with van der Waals surface area (Å²) in [5, 5.41) is 0. The quantitative estimate of drug-likeness (QED) is 0.694. The van der Waals surface area contributed by atoms with E-state index in [1.165, 1.54) is 0 Å². The highest BCUT2D eigenvalue weighted by molar-refractivity contribution is 7.79. The second-order valence-corrected chi connectivity index (χ2v) is 4.64. The Kier molecular flexibility index (Phi) is 2.63. The van der Waals surface area contributed by atoms with Crippen LogP contribution in [0.1, 0.15) is 11.6 Å². The minimum absolute atomic E-state index is 0.616. The molecule has 2 aromatic heterocycles. The Bertz CT molecular complexity index is 711. The number of nitrogens with one attached hydrogen (secondary N) is 1. The van der Waals surface area contributed by atoms with Crippen molar-refractivity contribution in [2.24, 2.45) is 7.05 Å². The Balaban J connectivity index is 2.13. The number of nitrogens with zero attached hydrogens (tertiary/aromatic N) is 3. The summed E-state index contributed by atoms with van der Waals surface area (Å²) in [6, 6.07) is 6.25. The van der Waals surface area contributed by atoms with Crippen LogP contribution in [0.15, 0.2) is 24.4 Å². The second-order valence-electron chi connectivity index (χ2n) is 4.32. The molecule has 1 aromatic carbocycles. The van der Waals surface area contributed by atoms with Gasteiger partial charge in [-0.25, -0.2) is 9.97 Å². The minimum atomic E-state index is 0.616. The molecule has 0 saturated heterocycles. The number of rotatable bonds is 2. The van der Waals surface area contributed by atoms with Gasteiger partial charge in [0.15, 0.2) is 0 Å². The van der Waals surface area contributed by atoms with Gasteiger partial charge in [-0.1, -0.05) is 6.07 Å². The van der Waals surface area contributed by atoms with E-state index in [1.54, 1.807) is 0 Å². The topological polar surface area (TPSA) is 46.5 Å². The van der Waals surface area contributed by atoms with Crippen molar-refractivity contribution in [3.8, 4) is 11.3 Å². The fraction of sp³-hybridized carbons (Fsp3) is 0.231. The van der Waals surface area contributed by atoms with Crippen LogP contribution < -0.4 is 0 Å². The zero-order valence-corrected chi connectivity index (χ0v) is 11.2. The lowest BCUT2D eigenvalue weighted by Gasteiger charge is -1.99. The number of benzene rings is 1. The van der Waals surface area contributed by atoms with E-state index < -0.39 is 0 Å². The van der Waals surface area contributed by atoms with Crippen molar-refractivity contribution in [2.45, 2.75) is 12.7 Å². The van der Waals surface area contributed by atoms with Crippen molar-refractivity contribution in [3.63, 3.8) is 0 Å². The first-order valence-corrected chi connectivity index (χ1v) is 6.40. The van der Waals surface area contributed by atoms with E-state index >= 15 is 0 Å². The van der Waals surface area contributed by atoms with E-state index in [9.17, 15) is 0 Å². The number of hydrogen-bond acceptors (Lipinski definition) is 3. The van der Waals surface area contributed by atoms with Gasteiger partial charge in [0.1, 0.15) is 11.6 Å². The molecule has 2 heterocycles. The first-order valence-electron chi connectivity index (χ1n) is 5.77. The van der Waals surface area contributed by atoms with Gasteiger partial charge in [0.05, 0.1) is 22.9 Å². The highest BCUT2D eigenvalue weighted by atomic mass is 32.1. The van der Waals surface area contributed by atoms with Crippen molar-refractivity contribution in [2.75, 3.05) is 0 Å².